The van der Waals surface area contributed by atoms with Crippen LogP contribution in [0.25, 0.3) is 0 Å². The summed E-state index contributed by atoms with van der Waals surface area (Å²) in [6.45, 7) is 0. The molecule has 0 aliphatic carbocycles. The number of halogens is 1. The van der Waals surface area contributed by atoms with Gasteiger partial charge in [-0.15, -0.1) is 0 Å². The van der Waals surface area contributed by atoms with Crippen molar-refractivity contribution in [2.24, 2.45) is 0 Å². The van der Waals surface area contributed by atoms with E-state index in [1.807, 2.05) is 36.4 Å². The minimum atomic E-state index is -0.443. The lowest BCUT2D eigenvalue weighted by Crippen LogP contribution is -2.42. The minimum Gasteiger partial charge on any atom is -0.355 e. The van der Waals surface area contributed by atoms with Crippen LogP contribution in [0.5, 0.6) is 0 Å². The first-order valence-electron chi connectivity index (χ1n) is 8.36. The summed E-state index contributed by atoms with van der Waals surface area (Å²) in [6, 6.07) is 22.1. The predicted octanol–water partition coefficient (Wildman–Crippen LogP) is 3.57. The Bertz CT molecular complexity index is 928. The summed E-state index contributed by atoms with van der Waals surface area (Å²) in [6.07, 6.45) is 0.0322. The number of hydrazine groups is 1. The van der Waals surface area contributed by atoms with E-state index >= 15 is 0 Å². The van der Waals surface area contributed by atoms with Crippen LogP contribution >= 0.6 is 0 Å². The number of hydrogen-bond donors (Lipinski definition) is 3. The minimum absolute atomic E-state index is 0.0322. The van der Waals surface area contributed by atoms with Crippen molar-refractivity contribution in [2.75, 3.05) is 5.32 Å². The van der Waals surface area contributed by atoms with Gasteiger partial charge in [0.05, 0.1) is 17.7 Å². The van der Waals surface area contributed by atoms with Gasteiger partial charge < -0.3 is 5.32 Å². The van der Waals surface area contributed by atoms with Gasteiger partial charge >= 0.3 is 0 Å². The average Bonchev–Trinajstić information content (AvgIpc) is 2.69. The summed E-state index contributed by atoms with van der Waals surface area (Å²) in [4.78, 5) is 24.4. The Kier molecular flexibility index (Phi) is 5.79. The van der Waals surface area contributed by atoms with Crippen LogP contribution in [-0.2, 0) is 11.2 Å². The maximum atomic E-state index is 12.9. The number of nitrogens with one attached hydrogen (secondary N) is 3. The van der Waals surface area contributed by atoms with Gasteiger partial charge in [0.25, 0.3) is 5.91 Å². The molecule has 3 rings (SSSR count). The Labute approximate surface area is 156 Å². The van der Waals surface area contributed by atoms with E-state index < -0.39 is 11.8 Å². The third-order valence-electron chi connectivity index (χ3n) is 3.82. The smallest absolute Gasteiger partial charge is 0.271 e. The van der Waals surface area contributed by atoms with E-state index in [0.717, 1.165) is 5.69 Å². The molecule has 0 aliphatic rings. The van der Waals surface area contributed by atoms with Crippen LogP contribution in [-0.4, -0.2) is 11.8 Å². The zero-order valence-corrected chi connectivity index (χ0v) is 14.4. The molecule has 0 spiro atoms. The molecule has 0 radical (unpaired) electrons. The van der Waals surface area contributed by atoms with Crippen molar-refractivity contribution < 1.29 is 14.0 Å². The van der Waals surface area contributed by atoms with Crippen molar-refractivity contribution in [3.8, 4) is 0 Å². The normalized spacial score (nSPS) is 10.1. The SMILES string of the molecule is O=C(Cc1ccc(F)cc1)NNC(=O)c1ccccc1Nc1ccccc1. The number of carbonyl (C=O) groups is 2. The van der Waals surface area contributed by atoms with Gasteiger partial charge in [-0.05, 0) is 42.0 Å². The Balaban J connectivity index is 1.61. The molecule has 0 heterocycles. The summed E-state index contributed by atoms with van der Waals surface area (Å²) in [5.74, 6) is -1.21. The number of benzene rings is 3. The van der Waals surface area contributed by atoms with Gasteiger partial charge in [-0.3, -0.25) is 20.4 Å². The van der Waals surface area contributed by atoms with Crippen molar-refractivity contribution in [3.63, 3.8) is 0 Å². The topological polar surface area (TPSA) is 70.2 Å². The van der Waals surface area contributed by atoms with Crippen LogP contribution in [0.4, 0.5) is 15.8 Å². The highest BCUT2D eigenvalue weighted by atomic mass is 19.1. The standard InChI is InChI=1S/C21H18FN3O2/c22-16-12-10-15(11-13-16)14-20(26)24-25-21(27)18-8-4-5-9-19(18)23-17-6-2-1-3-7-17/h1-13,23H,14H2,(H,24,26)(H,25,27). The van der Waals surface area contributed by atoms with E-state index in [1.54, 1.807) is 18.2 Å². The fraction of sp³-hybridized carbons (Fsp3) is 0.0476. The number of anilines is 2. The number of carbonyl (C=O) groups excluding carboxylic acids is 2. The molecule has 0 unspecified atom stereocenters. The van der Waals surface area contributed by atoms with Gasteiger partial charge in [0.2, 0.25) is 5.91 Å². The quantitative estimate of drug-likeness (QED) is 0.607. The fourth-order valence-corrected chi connectivity index (χ4v) is 2.49. The molecular weight excluding hydrogens is 345 g/mol. The molecule has 0 bridgehead atoms. The van der Waals surface area contributed by atoms with Crippen molar-refractivity contribution in [3.05, 3.63) is 95.8 Å². The zero-order chi connectivity index (χ0) is 19.1. The molecule has 0 atom stereocenters. The van der Waals surface area contributed by atoms with Crippen LogP contribution in [0.15, 0.2) is 78.9 Å². The molecule has 27 heavy (non-hydrogen) atoms. The van der Waals surface area contributed by atoms with Crippen molar-refractivity contribution in [2.45, 2.75) is 6.42 Å². The van der Waals surface area contributed by atoms with Crippen LogP contribution in [0, 0.1) is 5.82 Å². The van der Waals surface area contributed by atoms with Gasteiger partial charge in [-0.2, -0.15) is 0 Å². The van der Waals surface area contributed by atoms with Gasteiger partial charge in [-0.1, -0.05) is 42.5 Å². The number of para-hydroxylation sites is 2. The highest BCUT2D eigenvalue weighted by molar-refractivity contribution is 6.01. The van der Waals surface area contributed by atoms with Crippen LogP contribution < -0.4 is 16.2 Å². The molecule has 0 saturated carbocycles. The Morgan fingerprint density at radius 2 is 1.44 bits per heavy atom. The third kappa shape index (κ3) is 5.15. The molecule has 0 aliphatic heterocycles. The summed E-state index contributed by atoms with van der Waals surface area (Å²) >= 11 is 0. The monoisotopic (exact) mass is 363 g/mol. The average molecular weight is 363 g/mol. The van der Waals surface area contributed by atoms with Gasteiger partial charge in [-0.25, -0.2) is 4.39 Å². The molecule has 0 aromatic heterocycles. The number of hydrogen-bond acceptors (Lipinski definition) is 3. The third-order valence-corrected chi connectivity index (χ3v) is 3.82. The second kappa shape index (κ2) is 8.62. The molecule has 136 valence electrons. The predicted molar refractivity (Wildman–Crippen MR) is 102 cm³/mol. The van der Waals surface area contributed by atoms with E-state index in [2.05, 4.69) is 16.2 Å². The second-order valence-electron chi connectivity index (χ2n) is 5.84. The highest BCUT2D eigenvalue weighted by Crippen LogP contribution is 2.20. The maximum Gasteiger partial charge on any atom is 0.271 e. The summed E-state index contributed by atoms with van der Waals surface area (Å²) in [5.41, 5.74) is 7.28. The summed E-state index contributed by atoms with van der Waals surface area (Å²) in [7, 11) is 0. The Morgan fingerprint density at radius 1 is 0.778 bits per heavy atom. The van der Waals surface area contributed by atoms with Gasteiger partial charge in [0.15, 0.2) is 0 Å². The van der Waals surface area contributed by atoms with Crippen molar-refractivity contribution >= 4 is 23.2 Å². The first-order valence-corrected chi connectivity index (χ1v) is 8.36. The van der Waals surface area contributed by atoms with Crippen molar-refractivity contribution in [1.82, 2.24) is 10.9 Å². The first kappa shape index (κ1) is 18.1. The lowest BCUT2D eigenvalue weighted by Gasteiger charge is -2.13. The second-order valence-corrected chi connectivity index (χ2v) is 5.84. The van der Waals surface area contributed by atoms with Crippen LogP contribution in [0.3, 0.4) is 0 Å². The molecule has 0 fully saturated rings. The molecule has 6 heteroatoms. The van der Waals surface area contributed by atoms with E-state index in [9.17, 15) is 14.0 Å². The van der Waals surface area contributed by atoms with Crippen LogP contribution in [0.1, 0.15) is 15.9 Å². The molecule has 3 aromatic carbocycles. The summed E-state index contributed by atoms with van der Waals surface area (Å²) < 4.78 is 12.9. The van der Waals surface area contributed by atoms with Crippen molar-refractivity contribution in [1.29, 1.82) is 0 Å². The number of amides is 2. The zero-order valence-electron chi connectivity index (χ0n) is 14.4. The molecule has 0 saturated heterocycles. The molecule has 3 N–H and O–H groups in total. The number of rotatable bonds is 5. The molecule has 5 nitrogen and oxygen atoms in total. The lowest BCUT2D eigenvalue weighted by atomic mass is 10.1. The largest absolute Gasteiger partial charge is 0.355 e. The van der Waals surface area contributed by atoms with E-state index in [0.29, 0.717) is 16.8 Å². The van der Waals surface area contributed by atoms with E-state index in [4.69, 9.17) is 0 Å². The Morgan fingerprint density at radius 3 is 2.19 bits per heavy atom. The molecule has 2 amide bonds. The van der Waals surface area contributed by atoms with Gasteiger partial charge in [0, 0.05) is 5.69 Å². The molecular formula is C21H18FN3O2. The van der Waals surface area contributed by atoms with Gasteiger partial charge in [0.1, 0.15) is 5.82 Å². The van der Waals surface area contributed by atoms with E-state index in [1.165, 1.54) is 24.3 Å². The molecule has 3 aromatic rings. The fourth-order valence-electron chi connectivity index (χ4n) is 2.49. The highest BCUT2D eigenvalue weighted by Gasteiger charge is 2.12. The first-order chi connectivity index (χ1) is 13.1. The van der Waals surface area contributed by atoms with E-state index in [-0.39, 0.29) is 12.2 Å². The maximum absolute atomic E-state index is 12.9. The lowest BCUT2D eigenvalue weighted by molar-refractivity contribution is -0.121. The Hall–Kier alpha value is -3.67. The summed E-state index contributed by atoms with van der Waals surface area (Å²) in [5, 5.41) is 3.18. The van der Waals surface area contributed by atoms with Crippen LogP contribution in [0.2, 0.25) is 0 Å².